The predicted molar refractivity (Wildman–Crippen MR) is 127 cm³/mol. The van der Waals surface area contributed by atoms with Gasteiger partial charge in [0.15, 0.2) is 0 Å². The number of carbonyl (C=O) groups is 2. The van der Waals surface area contributed by atoms with Crippen molar-refractivity contribution in [3.8, 4) is 11.8 Å². The summed E-state index contributed by atoms with van der Waals surface area (Å²) in [5, 5.41) is 7.29. The van der Waals surface area contributed by atoms with Crippen LogP contribution in [0.4, 0.5) is 9.18 Å². The summed E-state index contributed by atoms with van der Waals surface area (Å²) in [6, 6.07) is 8.18. The molecule has 2 aliphatic heterocycles. The summed E-state index contributed by atoms with van der Waals surface area (Å²) in [4.78, 5) is 30.1. The SMILES string of the molecule is CC#CCN1C(=O)N[C@@](Cc2cccc(F)c2)(C2CCN([C@@H](C)CCn3cccn3)CC2)C1=O. The minimum Gasteiger partial charge on any atom is -0.322 e. The number of hydrogen-bond acceptors (Lipinski definition) is 4. The maximum atomic E-state index is 13.9. The summed E-state index contributed by atoms with van der Waals surface area (Å²) >= 11 is 0. The molecule has 1 aromatic heterocycles. The lowest BCUT2D eigenvalue weighted by atomic mass is 9.73. The molecule has 2 aromatic rings. The largest absolute Gasteiger partial charge is 0.325 e. The average Bonchev–Trinajstić information content (AvgIpc) is 3.43. The molecule has 0 unspecified atom stereocenters. The zero-order valence-corrected chi connectivity index (χ0v) is 19.8. The van der Waals surface area contributed by atoms with Gasteiger partial charge in [0, 0.05) is 31.4 Å². The molecule has 1 N–H and O–H groups in total. The molecule has 34 heavy (non-hydrogen) atoms. The second-order valence-electron chi connectivity index (χ2n) is 9.24. The van der Waals surface area contributed by atoms with Gasteiger partial charge in [-0.05, 0) is 75.9 Å². The molecule has 0 bridgehead atoms. The Morgan fingerprint density at radius 2 is 2.06 bits per heavy atom. The molecular formula is C26H32FN5O2. The Hall–Kier alpha value is -3.18. The Morgan fingerprint density at radius 1 is 1.26 bits per heavy atom. The maximum Gasteiger partial charge on any atom is 0.325 e. The molecule has 8 heteroatoms. The number of nitrogens with zero attached hydrogens (tertiary/aromatic N) is 4. The number of imide groups is 1. The number of aryl methyl sites for hydroxylation is 1. The van der Waals surface area contributed by atoms with Crippen molar-refractivity contribution in [3.05, 3.63) is 54.1 Å². The van der Waals surface area contributed by atoms with Crippen molar-refractivity contribution in [3.63, 3.8) is 0 Å². The topological polar surface area (TPSA) is 70.5 Å². The van der Waals surface area contributed by atoms with Crippen LogP contribution in [-0.4, -0.2) is 62.7 Å². The summed E-state index contributed by atoms with van der Waals surface area (Å²) in [6.07, 6.45) is 6.57. The van der Waals surface area contributed by atoms with E-state index in [4.69, 9.17) is 0 Å². The van der Waals surface area contributed by atoms with Gasteiger partial charge in [-0.2, -0.15) is 5.10 Å². The van der Waals surface area contributed by atoms with Crippen LogP contribution in [0.5, 0.6) is 0 Å². The summed E-state index contributed by atoms with van der Waals surface area (Å²) in [6.45, 7) is 6.51. The molecule has 4 rings (SSSR count). The van der Waals surface area contributed by atoms with E-state index in [1.54, 1.807) is 19.2 Å². The third-order valence-corrected chi connectivity index (χ3v) is 7.17. The first-order valence-electron chi connectivity index (χ1n) is 11.9. The molecule has 3 heterocycles. The number of rotatable bonds is 8. The van der Waals surface area contributed by atoms with E-state index in [1.807, 2.05) is 23.0 Å². The summed E-state index contributed by atoms with van der Waals surface area (Å²) < 4.78 is 15.9. The molecule has 2 saturated heterocycles. The van der Waals surface area contributed by atoms with E-state index in [0.717, 1.165) is 38.9 Å². The standard InChI is InChI=1S/C26H32FN5O2/c1-3-4-14-32-24(33)26(29-25(32)34,19-21-7-5-8-23(27)18-21)22-10-15-30(16-11-22)20(2)9-17-31-13-6-12-28-31/h5-8,12-13,18,20,22H,9-11,14-17,19H2,1-2H3,(H,29,34)/t20-,26-/m0/s1. The highest BCUT2D eigenvalue weighted by Gasteiger charge is 2.55. The number of carbonyl (C=O) groups excluding carboxylic acids is 2. The van der Waals surface area contributed by atoms with Gasteiger partial charge in [0.25, 0.3) is 5.91 Å². The molecule has 0 spiro atoms. The number of urea groups is 1. The van der Waals surface area contributed by atoms with Crippen LogP contribution >= 0.6 is 0 Å². The van der Waals surface area contributed by atoms with Gasteiger partial charge in [-0.3, -0.25) is 14.4 Å². The third-order valence-electron chi connectivity index (χ3n) is 7.17. The van der Waals surface area contributed by atoms with Crippen molar-refractivity contribution < 1.29 is 14.0 Å². The van der Waals surface area contributed by atoms with E-state index in [9.17, 15) is 14.0 Å². The number of piperidine rings is 1. The van der Waals surface area contributed by atoms with E-state index in [2.05, 4.69) is 34.1 Å². The van der Waals surface area contributed by atoms with Crippen LogP contribution in [0.3, 0.4) is 0 Å². The third kappa shape index (κ3) is 5.00. The first kappa shape index (κ1) is 24.0. The molecule has 0 saturated carbocycles. The van der Waals surface area contributed by atoms with Gasteiger partial charge in [0.1, 0.15) is 11.4 Å². The number of aromatic nitrogens is 2. The Bertz CT molecular complexity index is 1070. The van der Waals surface area contributed by atoms with Gasteiger partial charge in [-0.15, -0.1) is 5.92 Å². The lowest BCUT2D eigenvalue weighted by Crippen LogP contribution is -2.58. The van der Waals surface area contributed by atoms with Gasteiger partial charge < -0.3 is 10.2 Å². The average molecular weight is 466 g/mol. The van der Waals surface area contributed by atoms with Crippen LogP contribution in [-0.2, 0) is 17.8 Å². The zero-order valence-electron chi connectivity index (χ0n) is 19.8. The minimum absolute atomic E-state index is 0.0404. The Kier molecular flexibility index (Phi) is 7.32. The number of hydrogen-bond donors (Lipinski definition) is 1. The lowest BCUT2D eigenvalue weighted by Gasteiger charge is -2.42. The predicted octanol–water partition coefficient (Wildman–Crippen LogP) is 3.07. The molecule has 0 aliphatic carbocycles. The van der Waals surface area contributed by atoms with E-state index >= 15 is 0 Å². The lowest BCUT2D eigenvalue weighted by molar-refractivity contribution is -0.133. The second-order valence-corrected chi connectivity index (χ2v) is 9.24. The smallest absolute Gasteiger partial charge is 0.322 e. The summed E-state index contributed by atoms with van der Waals surface area (Å²) in [7, 11) is 0. The van der Waals surface area contributed by atoms with Gasteiger partial charge in [0.2, 0.25) is 0 Å². The minimum atomic E-state index is -1.08. The Labute approximate surface area is 200 Å². The highest BCUT2D eigenvalue weighted by atomic mass is 19.1. The van der Waals surface area contributed by atoms with Gasteiger partial charge in [-0.25, -0.2) is 9.18 Å². The van der Waals surface area contributed by atoms with E-state index in [0.29, 0.717) is 11.6 Å². The maximum absolute atomic E-state index is 13.9. The van der Waals surface area contributed by atoms with Gasteiger partial charge >= 0.3 is 6.03 Å². The normalized spacial score (nSPS) is 22.4. The van der Waals surface area contributed by atoms with E-state index in [1.165, 1.54) is 17.0 Å². The fourth-order valence-electron chi connectivity index (χ4n) is 5.22. The van der Waals surface area contributed by atoms with Crippen LogP contribution in [0.25, 0.3) is 0 Å². The Balaban J connectivity index is 1.49. The number of likely N-dealkylation sites (tertiary alicyclic amines) is 1. The molecule has 3 amide bonds. The number of halogens is 1. The van der Waals surface area contributed by atoms with Gasteiger partial charge in [-0.1, -0.05) is 18.1 Å². The molecule has 1 aromatic carbocycles. The zero-order chi connectivity index (χ0) is 24.1. The monoisotopic (exact) mass is 465 g/mol. The van der Waals surface area contributed by atoms with E-state index < -0.39 is 11.6 Å². The molecule has 0 radical (unpaired) electrons. The summed E-state index contributed by atoms with van der Waals surface area (Å²) in [5.74, 6) is 4.94. The number of amides is 3. The van der Waals surface area contributed by atoms with Crippen LogP contribution in [0, 0.1) is 23.6 Å². The van der Waals surface area contributed by atoms with Crippen molar-refractivity contribution in [2.24, 2.45) is 5.92 Å². The quantitative estimate of drug-likeness (QED) is 0.481. The molecular weight excluding hydrogens is 433 g/mol. The van der Waals surface area contributed by atoms with Crippen LogP contribution in [0.2, 0.25) is 0 Å². The first-order valence-corrected chi connectivity index (χ1v) is 11.9. The molecule has 2 aliphatic rings. The number of nitrogens with one attached hydrogen (secondary N) is 1. The molecule has 180 valence electrons. The van der Waals surface area contributed by atoms with Crippen molar-refractivity contribution in [2.75, 3.05) is 19.6 Å². The highest BCUT2D eigenvalue weighted by Crippen LogP contribution is 2.37. The highest BCUT2D eigenvalue weighted by molar-refractivity contribution is 6.07. The van der Waals surface area contributed by atoms with Crippen molar-refractivity contribution in [1.82, 2.24) is 24.9 Å². The van der Waals surface area contributed by atoms with Crippen LogP contribution < -0.4 is 5.32 Å². The van der Waals surface area contributed by atoms with Crippen LogP contribution in [0.15, 0.2) is 42.7 Å². The Morgan fingerprint density at radius 3 is 2.74 bits per heavy atom. The first-order chi connectivity index (χ1) is 16.4. The molecule has 2 atom stereocenters. The fourth-order valence-corrected chi connectivity index (χ4v) is 5.22. The second kappa shape index (κ2) is 10.4. The van der Waals surface area contributed by atoms with Crippen molar-refractivity contribution >= 4 is 11.9 Å². The van der Waals surface area contributed by atoms with Gasteiger partial charge in [0.05, 0.1) is 6.54 Å². The fraction of sp³-hybridized carbons (Fsp3) is 0.500. The van der Waals surface area contributed by atoms with Crippen molar-refractivity contribution in [1.29, 1.82) is 0 Å². The van der Waals surface area contributed by atoms with Crippen LogP contribution in [0.1, 0.15) is 38.7 Å². The van der Waals surface area contributed by atoms with Crippen molar-refractivity contribution in [2.45, 2.75) is 57.7 Å². The molecule has 7 nitrogen and oxygen atoms in total. The number of benzene rings is 1. The molecule has 2 fully saturated rings. The summed E-state index contributed by atoms with van der Waals surface area (Å²) in [5.41, 5.74) is -0.378. The van der Waals surface area contributed by atoms with E-state index in [-0.39, 0.29) is 30.6 Å².